The predicted octanol–water partition coefficient (Wildman–Crippen LogP) is 3.56. The van der Waals surface area contributed by atoms with E-state index in [0.29, 0.717) is 12.4 Å². The van der Waals surface area contributed by atoms with Gasteiger partial charge in [0.2, 0.25) is 5.16 Å². The van der Waals surface area contributed by atoms with Crippen molar-refractivity contribution in [3.63, 3.8) is 0 Å². The Bertz CT molecular complexity index is 1200. The van der Waals surface area contributed by atoms with Crippen molar-refractivity contribution in [2.24, 2.45) is 0 Å². The predicted molar refractivity (Wildman–Crippen MR) is 114 cm³/mol. The molecule has 1 fully saturated rings. The Morgan fingerprint density at radius 1 is 1.23 bits per heavy atom. The molecule has 1 unspecified atom stereocenters. The number of ether oxygens (including phenoxy) is 1. The second-order valence-corrected chi connectivity index (χ2v) is 9.55. The largest absolute Gasteiger partial charge is 0.376 e. The highest BCUT2D eigenvalue weighted by Gasteiger charge is 2.25. The Labute approximate surface area is 181 Å². The van der Waals surface area contributed by atoms with Crippen LogP contribution in [0.5, 0.6) is 0 Å². The molecular formula is C20H19N7OS2. The number of thiophene rings is 1. The van der Waals surface area contributed by atoms with Crippen molar-refractivity contribution >= 4 is 33.3 Å². The number of nitrogens with zero attached hydrogens (tertiary/aromatic N) is 7. The molecule has 0 N–H and O–H groups in total. The van der Waals surface area contributed by atoms with Crippen molar-refractivity contribution in [2.45, 2.75) is 54.9 Å². The van der Waals surface area contributed by atoms with Crippen LogP contribution in [0, 0.1) is 0 Å². The summed E-state index contributed by atoms with van der Waals surface area (Å²) in [7, 11) is 0. The second kappa shape index (κ2) is 7.68. The Morgan fingerprint density at radius 2 is 2.23 bits per heavy atom. The SMILES string of the molecule is c1cncc(-c2nc(Sc3nnnn3CC3CCCO3)c3c4c(sc3n2)CCC4)c1. The molecule has 5 heterocycles. The molecule has 6 rings (SSSR count). The lowest BCUT2D eigenvalue weighted by Crippen LogP contribution is -2.16. The first kappa shape index (κ1) is 18.3. The van der Waals surface area contributed by atoms with Crippen molar-refractivity contribution in [3.8, 4) is 11.4 Å². The standard InChI is InChI=1S/C20H19N7OS2/c1-6-14-15(7-1)29-18-16(14)19(23-17(22-18)12-4-2-8-21-10-12)30-20-24-25-26-27(20)11-13-5-3-9-28-13/h2,4,8,10,13H,1,3,5-7,9,11H2. The maximum Gasteiger partial charge on any atom is 0.215 e. The Hall–Kier alpha value is -2.43. The summed E-state index contributed by atoms with van der Waals surface area (Å²) < 4.78 is 7.61. The molecule has 2 aliphatic rings. The molecule has 0 radical (unpaired) electrons. The van der Waals surface area contributed by atoms with Gasteiger partial charge in [-0.1, -0.05) is 0 Å². The number of hydrogen-bond donors (Lipinski definition) is 0. The Morgan fingerprint density at radius 3 is 3.10 bits per heavy atom. The Balaban J connectivity index is 1.43. The summed E-state index contributed by atoms with van der Waals surface area (Å²) in [4.78, 5) is 16.5. The first-order valence-electron chi connectivity index (χ1n) is 10.1. The van der Waals surface area contributed by atoms with Gasteiger partial charge in [0, 0.05) is 34.8 Å². The van der Waals surface area contributed by atoms with E-state index in [4.69, 9.17) is 14.7 Å². The summed E-state index contributed by atoms with van der Waals surface area (Å²) in [5, 5.41) is 15.2. The number of rotatable bonds is 5. The smallest absolute Gasteiger partial charge is 0.215 e. The molecule has 1 aliphatic carbocycles. The fraction of sp³-hybridized carbons (Fsp3) is 0.400. The van der Waals surface area contributed by atoms with Gasteiger partial charge in [0.25, 0.3) is 0 Å². The van der Waals surface area contributed by atoms with E-state index in [9.17, 15) is 0 Å². The molecule has 1 aliphatic heterocycles. The summed E-state index contributed by atoms with van der Waals surface area (Å²) in [5.41, 5.74) is 2.31. The van der Waals surface area contributed by atoms with E-state index < -0.39 is 0 Å². The Kier molecular flexibility index (Phi) is 4.70. The van der Waals surface area contributed by atoms with Gasteiger partial charge in [-0.05, 0) is 72.0 Å². The van der Waals surface area contributed by atoms with E-state index >= 15 is 0 Å². The van der Waals surface area contributed by atoms with Crippen LogP contribution in [0.3, 0.4) is 0 Å². The number of aryl methyl sites for hydroxylation is 2. The van der Waals surface area contributed by atoms with Crippen LogP contribution in [0.1, 0.15) is 29.7 Å². The molecule has 0 bridgehead atoms. The topological polar surface area (TPSA) is 91.5 Å². The third-order valence-electron chi connectivity index (χ3n) is 5.54. The summed E-state index contributed by atoms with van der Waals surface area (Å²) in [6.07, 6.45) is 9.29. The van der Waals surface area contributed by atoms with E-state index in [1.807, 2.05) is 16.8 Å². The van der Waals surface area contributed by atoms with Gasteiger partial charge >= 0.3 is 0 Å². The molecule has 4 aromatic rings. The number of tetrazole rings is 1. The van der Waals surface area contributed by atoms with E-state index in [1.165, 1.54) is 28.6 Å². The average Bonchev–Trinajstić information content (AvgIpc) is 3.55. The van der Waals surface area contributed by atoms with E-state index in [0.717, 1.165) is 58.3 Å². The number of pyridine rings is 1. The molecule has 0 spiro atoms. The zero-order valence-corrected chi connectivity index (χ0v) is 17.8. The van der Waals surface area contributed by atoms with Gasteiger partial charge in [-0.3, -0.25) is 4.98 Å². The van der Waals surface area contributed by atoms with E-state index in [-0.39, 0.29) is 6.10 Å². The molecule has 1 saturated heterocycles. The van der Waals surface area contributed by atoms with Gasteiger partial charge in [0.15, 0.2) is 5.82 Å². The highest BCUT2D eigenvalue weighted by Crippen LogP contribution is 2.42. The van der Waals surface area contributed by atoms with Crippen LogP contribution in [0.4, 0.5) is 0 Å². The molecule has 152 valence electrons. The fourth-order valence-corrected chi connectivity index (χ4v) is 6.36. The van der Waals surface area contributed by atoms with Crippen LogP contribution in [0.15, 0.2) is 34.7 Å². The first-order valence-corrected chi connectivity index (χ1v) is 11.8. The summed E-state index contributed by atoms with van der Waals surface area (Å²) in [5.74, 6) is 0.691. The maximum atomic E-state index is 5.77. The van der Waals surface area contributed by atoms with Gasteiger partial charge in [-0.15, -0.1) is 16.4 Å². The van der Waals surface area contributed by atoms with Crippen molar-refractivity contribution in [3.05, 3.63) is 35.0 Å². The zero-order chi connectivity index (χ0) is 19.9. The van der Waals surface area contributed by atoms with E-state index in [2.05, 4.69) is 20.5 Å². The monoisotopic (exact) mass is 437 g/mol. The molecule has 0 aromatic carbocycles. The van der Waals surface area contributed by atoms with Crippen molar-refractivity contribution in [2.75, 3.05) is 6.61 Å². The van der Waals surface area contributed by atoms with Crippen molar-refractivity contribution in [1.29, 1.82) is 0 Å². The molecular weight excluding hydrogens is 418 g/mol. The molecule has 30 heavy (non-hydrogen) atoms. The van der Waals surface area contributed by atoms with Gasteiger partial charge in [-0.25, -0.2) is 14.6 Å². The van der Waals surface area contributed by atoms with E-state index in [1.54, 1.807) is 23.7 Å². The normalized spacial score (nSPS) is 18.3. The van der Waals surface area contributed by atoms with Crippen LogP contribution in [-0.4, -0.2) is 47.9 Å². The van der Waals surface area contributed by atoms with Crippen LogP contribution in [0.25, 0.3) is 21.6 Å². The summed E-state index contributed by atoms with van der Waals surface area (Å²) in [6.45, 7) is 1.48. The molecule has 0 saturated carbocycles. The minimum absolute atomic E-state index is 0.176. The highest BCUT2D eigenvalue weighted by atomic mass is 32.2. The molecule has 0 amide bonds. The highest BCUT2D eigenvalue weighted by molar-refractivity contribution is 7.99. The van der Waals surface area contributed by atoms with Gasteiger partial charge < -0.3 is 4.74 Å². The molecule has 4 aromatic heterocycles. The summed E-state index contributed by atoms with van der Waals surface area (Å²) in [6, 6.07) is 3.90. The number of hydrogen-bond acceptors (Lipinski definition) is 9. The van der Waals surface area contributed by atoms with Gasteiger partial charge in [0.05, 0.1) is 12.6 Å². The quantitative estimate of drug-likeness (QED) is 0.438. The third-order valence-corrected chi connectivity index (χ3v) is 7.69. The van der Waals surface area contributed by atoms with Crippen LogP contribution in [-0.2, 0) is 24.1 Å². The minimum atomic E-state index is 0.176. The van der Waals surface area contributed by atoms with Gasteiger partial charge in [0.1, 0.15) is 9.86 Å². The van der Waals surface area contributed by atoms with Gasteiger partial charge in [-0.2, -0.15) is 0 Å². The molecule has 8 nitrogen and oxygen atoms in total. The number of aromatic nitrogens is 7. The van der Waals surface area contributed by atoms with Crippen LogP contribution < -0.4 is 0 Å². The fourth-order valence-electron chi connectivity index (χ4n) is 4.11. The lowest BCUT2D eigenvalue weighted by molar-refractivity contribution is 0.0912. The van der Waals surface area contributed by atoms with Crippen molar-refractivity contribution < 1.29 is 4.74 Å². The first-order chi connectivity index (χ1) is 14.8. The minimum Gasteiger partial charge on any atom is -0.376 e. The van der Waals surface area contributed by atoms with Crippen LogP contribution in [0.2, 0.25) is 0 Å². The zero-order valence-electron chi connectivity index (χ0n) is 16.2. The maximum absolute atomic E-state index is 5.77. The molecule has 10 heteroatoms. The van der Waals surface area contributed by atoms with Crippen molar-refractivity contribution in [1.82, 2.24) is 35.2 Å². The number of fused-ring (bicyclic) bond motifs is 3. The second-order valence-electron chi connectivity index (χ2n) is 7.51. The lowest BCUT2D eigenvalue weighted by Gasteiger charge is -2.11. The third kappa shape index (κ3) is 3.28. The molecule has 1 atom stereocenters. The lowest BCUT2D eigenvalue weighted by atomic mass is 10.2. The van der Waals surface area contributed by atoms with Crippen LogP contribution >= 0.6 is 23.1 Å². The average molecular weight is 438 g/mol. The summed E-state index contributed by atoms with van der Waals surface area (Å²) >= 11 is 3.31.